The Hall–Kier alpha value is -1.32. The zero-order valence-electron chi connectivity index (χ0n) is 11.8. The molecular weight excluding hydrogens is 254 g/mol. The molecule has 0 fully saturated rings. The first-order chi connectivity index (χ1) is 9.13. The third-order valence-electron chi connectivity index (χ3n) is 2.84. The van der Waals surface area contributed by atoms with Gasteiger partial charge in [-0.1, -0.05) is 12.1 Å². The number of benzene rings is 1. The van der Waals surface area contributed by atoms with E-state index in [9.17, 15) is 0 Å². The highest BCUT2D eigenvalue weighted by molar-refractivity contribution is 7.09. The van der Waals surface area contributed by atoms with Crippen LogP contribution in [-0.4, -0.2) is 12.6 Å². The Morgan fingerprint density at radius 3 is 2.58 bits per heavy atom. The van der Waals surface area contributed by atoms with Crippen LogP contribution in [0.3, 0.4) is 0 Å². The van der Waals surface area contributed by atoms with Crippen LogP contribution >= 0.6 is 11.3 Å². The second-order valence-electron chi connectivity index (χ2n) is 4.96. The van der Waals surface area contributed by atoms with Gasteiger partial charge in [-0.2, -0.15) is 0 Å². The van der Waals surface area contributed by atoms with Gasteiger partial charge in [-0.25, -0.2) is 0 Å². The Labute approximate surface area is 119 Å². The van der Waals surface area contributed by atoms with E-state index < -0.39 is 0 Å². The van der Waals surface area contributed by atoms with Crippen molar-refractivity contribution in [1.29, 1.82) is 0 Å². The largest absolute Gasteiger partial charge is 0.489 e. The maximum atomic E-state index is 5.94. The summed E-state index contributed by atoms with van der Waals surface area (Å²) in [6, 6.07) is 10.6. The fourth-order valence-corrected chi connectivity index (χ4v) is 2.76. The Bertz CT molecular complexity index is 487. The zero-order chi connectivity index (χ0) is 13.7. The Morgan fingerprint density at radius 2 is 1.95 bits per heavy atom. The summed E-state index contributed by atoms with van der Waals surface area (Å²) >= 11 is 1.78. The smallest absolute Gasteiger partial charge is 0.120 e. The zero-order valence-corrected chi connectivity index (χ0v) is 12.6. The van der Waals surface area contributed by atoms with Gasteiger partial charge in [0.05, 0.1) is 0 Å². The van der Waals surface area contributed by atoms with E-state index in [0.29, 0.717) is 0 Å². The van der Waals surface area contributed by atoms with Crippen molar-refractivity contribution in [2.24, 2.45) is 0 Å². The summed E-state index contributed by atoms with van der Waals surface area (Å²) in [4.78, 5) is 1.36. The molecule has 19 heavy (non-hydrogen) atoms. The molecule has 1 aromatic carbocycles. The summed E-state index contributed by atoms with van der Waals surface area (Å²) in [5.41, 5.74) is 2.49. The van der Waals surface area contributed by atoms with E-state index in [1.54, 1.807) is 11.3 Å². The van der Waals surface area contributed by atoms with Crippen molar-refractivity contribution in [3.05, 3.63) is 51.7 Å². The van der Waals surface area contributed by atoms with Gasteiger partial charge in [0.1, 0.15) is 11.9 Å². The standard InChI is InChI=1S/C16H21NOS/c1-12-7-13(2)9-15(8-12)18-14(3)10-17-11-16-5-4-6-19-16/h4-9,14,17H,10-11H2,1-3H3. The van der Waals surface area contributed by atoms with Gasteiger partial charge in [-0.15, -0.1) is 11.3 Å². The molecule has 1 atom stereocenters. The van der Waals surface area contributed by atoms with Crippen LogP contribution in [0.1, 0.15) is 22.9 Å². The fourth-order valence-electron chi connectivity index (χ4n) is 2.09. The second-order valence-corrected chi connectivity index (χ2v) is 5.99. The third kappa shape index (κ3) is 4.69. The molecule has 0 aliphatic heterocycles. The lowest BCUT2D eigenvalue weighted by atomic mass is 10.1. The number of hydrogen-bond acceptors (Lipinski definition) is 3. The SMILES string of the molecule is Cc1cc(C)cc(OC(C)CNCc2cccs2)c1. The summed E-state index contributed by atoms with van der Waals surface area (Å²) in [5.74, 6) is 0.961. The van der Waals surface area contributed by atoms with Gasteiger partial charge < -0.3 is 10.1 Å². The molecule has 0 aliphatic rings. The van der Waals surface area contributed by atoms with E-state index in [1.165, 1.54) is 16.0 Å². The average Bonchev–Trinajstić information content (AvgIpc) is 2.80. The minimum absolute atomic E-state index is 0.168. The molecule has 0 radical (unpaired) electrons. The van der Waals surface area contributed by atoms with E-state index in [0.717, 1.165) is 18.8 Å². The van der Waals surface area contributed by atoms with Gasteiger partial charge in [0.25, 0.3) is 0 Å². The van der Waals surface area contributed by atoms with Gasteiger partial charge in [-0.05, 0) is 55.5 Å². The van der Waals surface area contributed by atoms with Gasteiger partial charge >= 0.3 is 0 Å². The number of hydrogen-bond donors (Lipinski definition) is 1. The summed E-state index contributed by atoms with van der Waals surface area (Å²) in [6.07, 6.45) is 0.168. The molecule has 0 saturated carbocycles. The van der Waals surface area contributed by atoms with Crippen molar-refractivity contribution in [1.82, 2.24) is 5.32 Å². The number of nitrogens with one attached hydrogen (secondary N) is 1. The molecule has 0 spiro atoms. The van der Waals surface area contributed by atoms with E-state index in [2.05, 4.69) is 61.8 Å². The van der Waals surface area contributed by atoms with Crippen molar-refractivity contribution in [3.63, 3.8) is 0 Å². The molecule has 0 saturated heterocycles. The highest BCUT2D eigenvalue weighted by atomic mass is 32.1. The molecule has 102 valence electrons. The summed E-state index contributed by atoms with van der Waals surface area (Å²) < 4.78 is 5.94. The van der Waals surface area contributed by atoms with E-state index in [4.69, 9.17) is 4.74 Å². The summed E-state index contributed by atoms with van der Waals surface area (Å²) in [7, 11) is 0. The molecule has 0 aliphatic carbocycles. The minimum Gasteiger partial charge on any atom is -0.489 e. The van der Waals surface area contributed by atoms with Crippen molar-refractivity contribution < 1.29 is 4.74 Å². The van der Waals surface area contributed by atoms with Gasteiger partial charge in [-0.3, -0.25) is 0 Å². The molecular formula is C16H21NOS. The van der Waals surface area contributed by atoms with Crippen LogP contribution in [0.4, 0.5) is 0 Å². The van der Waals surface area contributed by atoms with Gasteiger partial charge in [0, 0.05) is 18.0 Å². The summed E-state index contributed by atoms with van der Waals surface area (Å²) in [6.45, 7) is 8.06. The molecule has 1 unspecified atom stereocenters. The molecule has 2 nitrogen and oxygen atoms in total. The normalized spacial score (nSPS) is 12.4. The number of thiophene rings is 1. The lowest BCUT2D eigenvalue weighted by molar-refractivity contribution is 0.217. The average molecular weight is 275 g/mol. The van der Waals surface area contributed by atoms with E-state index in [-0.39, 0.29) is 6.10 Å². The maximum Gasteiger partial charge on any atom is 0.120 e. The van der Waals surface area contributed by atoms with Crippen LogP contribution in [0.5, 0.6) is 5.75 Å². The molecule has 1 heterocycles. The first-order valence-corrected chi connectivity index (χ1v) is 7.49. The first-order valence-electron chi connectivity index (χ1n) is 6.61. The van der Waals surface area contributed by atoms with Crippen LogP contribution in [-0.2, 0) is 6.54 Å². The molecule has 1 N–H and O–H groups in total. The van der Waals surface area contributed by atoms with Crippen LogP contribution in [0.25, 0.3) is 0 Å². The van der Waals surface area contributed by atoms with Gasteiger partial charge in [0.15, 0.2) is 0 Å². The van der Waals surface area contributed by atoms with Crippen molar-refractivity contribution in [3.8, 4) is 5.75 Å². The molecule has 0 bridgehead atoms. The summed E-state index contributed by atoms with van der Waals surface area (Å²) in [5, 5.41) is 5.53. The lowest BCUT2D eigenvalue weighted by Gasteiger charge is -2.16. The third-order valence-corrected chi connectivity index (χ3v) is 3.72. The molecule has 3 heteroatoms. The molecule has 0 amide bonds. The Kier molecular flexibility index (Phi) is 5.00. The fraction of sp³-hybridized carbons (Fsp3) is 0.375. The van der Waals surface area contributed by atoms with E-state index >= 15 is 0 Å². The van der Waals surface area contributed by atoms with Crippen molar-refractivity contribution in [2.75, 3.05) is 6.54 Å². The van der Waals surface area contributed by atoms with E-state index in [1.807, 2.05) is 0 Å². The molecule has 2 aromatic rings. The Balaban J connectivity index is 1.78. The maximum absolute atomic E-state index is 5.94. The van der Waals surface area contributed by atoms with Crippen molar-refractivity contribution in [2.45, 2.75) is 33.4 Å². The predicted octanol–water partition coefficient (Wildman–Crippen LogP) is 3.92. The second kappa shape index (κ2) is 6.73. The highest BCUT2D eigenvalue weighted by Gasteiger charge is 2.05. The number of ether oxygens (including phenoxy) is 1. The van der Waals surface area contributed by atoms with Crippen LogP contribution < -0.4 is 10.1 Å². The van der Waals surface area contributed by atoms with Crippen molar-refractivity contribution >= 4 is 11.3 Å². The molecule has 2 rings (SSSR count). The van der Waals surface area contributed by atoms with Crippen LogP contribution in [0, 0.1) is 13.8 Å². The Morgan fingerprint density at radius 1 is 1.21 bits per heavy atom. The topological polar surface area (TPSA) is 21.3 Å². The first kappa shape index (κ1) is 14.1. The van der Waals surface area contributed by atoms with Gasteiger partial charge in [0.2, 0.25) is 0 Å². The quantitative estimate of drug-likeness (QED) is 0.862. The van der Waals surface area contributed by atoms with Crippen LogP contribution in [0.15, 0.2) is 35.7 Å². The van der Waals surface area contributed by atoms with Crippen LogP contribution in [0.2, 0.25) is 0 Å². The number of rotatable bonds is 6. The monoisotopic (exact) mass is 275 g/mol. The lowest BCUT2D eigenvalue weighted by Crippen LogP contribution is -2.28. The minimum atomic E-state index is 0.168. The predicted molar refractivity (Wildman–Crippen MR) is 82.0 cm³/mol. The number of aryl methyl sites for hydroxylation is 2. The highest BCUT2D eigenvalue weighted by Crippen LogP contribution is 2.17. The molecule has 1 aromatic heterocycles.